The average Bonchev–Trinajstić information content (AvgIpc) is 2.65. The number of hydrogen-bond acceptors (Lipinski definition) is 6. The molecule has 0 saturated heterocycles. The van der Waals surface area contributed by atoms with Crippen LogP contribution in [0.5, 0.6) is 5.75 Å². The molecule has 0 heterocycles. The number of ether oxygens (including phenoxy) is 2. The van der Waals surface area contributed by atoms with Gasteiger partial charge >= 0.3 is 5.97 Å². The van der Waals surface area contributed by atoms with Crippen LogP contribution in [0.2, 0.25) is 10.0 Å². The van der Waals surface area contributed by atoms with E-state index in [0.717, 1.165) is 0 Å². The first-order valence-electron chi connectivity index (χ1n) is 7.78. The summed E-state index contributed by atoms with van der Waals surface area (Å²) in [6.07, 6.45) is 0. The number of hydrogen-bond donors (Lipinski definition) is 2. The molecular weight excluding hydrogens is 431 g/mol. The summed E-state index contributed by atoms with van der Waals surface area (Å²) in [5.74, 6) is -1.02. The zero-order valence-corrected chi connectivity index (χ0v) is 16.7. The number of esters is 1. The lowest BCUT2D eigenvalue weighted by Crippen LogP contribution is -2.30. The van der Waals surface area contributed by atoms with Gasteiger partial charge in [-0.15, -0.1) is 0 Å². The Kier molecular flexibility index (Phi) is 7.64. The molecule has 0 aliphatic heterocycles. The van der Waals surface area contributed by atoms with Crippen LogP contribution >= 0.6 is 23.2 Å². The lowest BCUT2D eigenvalue weighted by molar-refractivity contribution is -0.143. The highest BCUT2D eigenvalue weighted by Crippen LogP contribution is 2.24. The Labute approximate surface area is 171 Å². The van der Waals surface area contributed by atoms with Crippen LogP contribution in [0.25, 0.3) is 0 Å². The maximum atomic E-state index is 12.2. The van der Waals surface area contributed by atoms with Gasteiger partial charge < -0.3 is 15.2 Å². The third kappa shape index (κ3) is 6.68. The molecule has 0 bridgehead atoms. The molecule has 150 valence electrons. The van der Waals surface area contributed by atoms with E-state index in [9.17, 15) is 18.0 Å². The molecule has 0 aliphatic carbocycles. The van der Waals surface area contributed by atoms with Crippen molar-refractivity contribution in [2.45, 2.75) is 11.5 Å². The minimum absolute atomic E-state index is 0.0746. The van der Waals surface area contributed by atoms with E-state index in [2.05, 4.69) is 4.72 Å². The largest absolute Gasteiger partial charge is 0.484 e. The molecule has 11 heteroatoms. The minimum Gasteiger partial charge on any atom is -0.484 e. The first-order chi connectivity index (χ1) is 13.2. The quantitative estimate of drug-likeness (QED) is 0.566. The molecule has 0 aromatic heterocycles. The number of amides is 1. The predicted molar refractivity (Wildman–Crippen MR) is 103 cm³/mol. The van der Waals surface area contributed by atoms with Crippen molar-refractivity contribution in [1.82, 2.24) is 4.72 Å². The van der Waals surface area contributed by atoms with E-state index in [1.54, 1.807) is 24.3 Å². The molecule has 2 rings (SSSR count). The Bertz CT molecular complexity index is 981. The van der Waals surface area contributed by atoms with Crippen LogP contribution in [0.15, 0.2) is 47.4 Å². The number of nitrogens with one attached hydrogen (secondary N) is 1. The first-order valence-corrected chi connectivity index (χ1v) is 10.0. The monoisotopic (exact) mass is 446 g/mol. The lowest BCUT2D eigenvalue weighted by atomic mass is 10.2. The van der Waals surface area contributed by atoms with Crippen molar-refractivity contribution in [1.29, 1.82) is 0 Å². The van der Waals surface area contributed by atoms with Gasteiger partial charge in [-0.1, -0.05) is 35.3 Å². The van der Waals surface area contributed by atoms with Gasteiger partial charge in [0.1, 0.15) is 18.9 Å². The molecule has 0 fully saturated rings. The maximum absolute atomic E-state index is 12.2. The van der Waals surface area contributed by atoms with Crippen molar-refractivity contribution in [3.63, 3.8) is 0 Å². The van der Waals surface area contributed by atoms with E-state index < -0.39 is 28.4 Å². The van der Waals surface area contributed by atoms with Crippen molar-refractivity contribution >= 4 is 45.1 Å². The van der Waals surface area contributed by atoms with E-state index in [-0.39, 0.29) is 28.2 Å². The molecule has 1 amide bonds. The highest BCUT2D eigenvalue weighted by molar-refractivity contribution is 7.89. The second-order valence-electron chi connectivity index (χ2n) is 5.46. The average molecular weight is 447 g/mol. The van der Waals surface area contributed by atoms with Gasteiger partial charge in [0, 0.05) is 0 Å². The number of halogens is 2. The summed E-state index contributed by atoms with van der Waals surface area (Å²) in [6, 6.07) is 10.3. The molecule has 0 atom stereocenters. The van der Waals surface area contributed by atoms with Crippen LogP contribution < -0.4 is 15.2 Å². The second kappa shape index (κ2) is 9.74. The van der Waals surface area contributed by atoms with Crippen molar-refractivity contribution < 1.29 is 27.5 Å². The van der Waals surface area contributed by atoms with Gasteiger partial charge in [-0.05, 0) is 35.9 Å². The van der Waals surface area contributed by atoms with Crippen LogP contribution in [0.3, 0.4) is 0 Å². The summed E-state index contributed by atoms with van der Waals surface area (Å²) >= 11 is 11.6. The summed E-state index contributed by atoms with van der Waals surface area (Å²) in [6.45, 7) is -0.957. The summed E-state index contributed by atoms with van der Waals surface area (Å²) in [4.78, 5) is 22.4. The second-order valence-corrected chi connectivity index (χ2v) is 8.04. The standard InChI is InChI=1S/C17H16Cl2N2O6S/c18-14-5-4-13(7-15(14)19)28(24,25)21-8-17(23)27-9-11-2-1-3-12(6-11)26-10-16(20)22/h1-7,21H,8-10H2,(H2,20,22). The molecule has 0 saturated carbocycles. The molecule has 0 aliphatic rings. The first kappa shape index (κ1) is 22.0. The number of sulfonamides is 1. The van der Waals surface area contributed by atoms with E-state index in [1.165, 1.54) is 18.2 Å². The Hall–Kier alpha value is -2.33. The van der Waals surface area contributed by atoms with E-state index >= 15 is 0 Å². The molecule has 2 aromatic rings. The van der Waals surface area contributed by atoms with Gasteiger partial charge in [-0.3, -0.25) is 9.59 Å². The zero-order chi connectivity index (χ0) is 20.7. The van der Waals surface area contributed by atoms with Crippen LogP contribution in [0, 0.1) is 0 Å². The van der Waals surface area contributed by atoms with Crippen LogP contribution in [-0.2, 0) is 31.0 Å². The molecule has 28 heavy (non-hydrogen) atoms. The third-order valence-electron chi connectivity index (χ3n) is 3.29. The molecular formula is C17H16Cl2N2O6S. The highest BCUT2D eigenvalue weighted by atomic mass is 35.5. The topological polar surface area (TPSA) is 125 Å². The number of rotatable bonds is 9. The smallest absolute Gasteiger partial charge is 0.321 e. The Morgan fingerprint density at radius 3 is 2.50 bits per heavy atom. The summed E-state index contributed by atoms with van der Waals surface area (Å²) in [7, 11) is -3.96. The predicted octanol–water partition coefficient (Wildman–Crippen LogP) is 1.88. The molecule has 0 radical (unpaired) electrons. The van der Waals surface area contributed by atoms with Crippen molar-refractivity contribution in [3.05, 3.63) is 58.1 Å². The van der Waals surface area contributed by atoms with Crippen molar-refractivity contribution in [2.75, 3.05) is 13.2 Å². The summed E-state index contributed by atoms with van der Waals surface area (Å²) in [5.41, 5.74) is 5.59. The lowest BCUT2D eigenvalue weighted by Gasteiger charge is -2.09. The summed E-state index contributed by atoms with van der Waals surface area (Å²) < 4.78 is 36.6. The molecule has 2 aromatic carbocycles. The fourth-order valence-electron chi connectivity index (χ4n) is 1.98. The normalized spacial score (nSPS) is 11.1. The highest BCUT2D eigenvalue weighted by Gasteiger charge is 2.17. The fraction of sp³-hybridized carbons (Fsp3) is 0.176. The molecule has 0 spiro atoms. The van der Waals surface area contributed by atoms with E-state index in [0.29, 0.717) is 11.3 Å². The Balaban J connectivity index is 1.88. The summed E-state index contributed by atoms with van der Waals surface area (Å²) in [5, 5.41) is 0.285. The van der Waals surface area contributed by atoms with Crippen LogP contribution in [0.1, 0.15) is 5.56 Å². The molecule has 3 N–H and O–H groups in total. The number of carbonyl (C=O) groups is 2. The molecule has 0 unspecified atom stereocenters. The van der Waals surface area contributed by atoms with E-state index in [1.807, 2.05) is 0 Å². The number of primary amides is 1. The Morgan fingerprint density at radius 1 is 1.07 bits per heavy atom. The van der Waals surface area contributed by atoms with E-state index in [4.69, 9.17) is 38.4 Å². The Morgan fingerprint density at radius 2 is 1.82 bits per heavy atom. The fourth-order valence-corrected chi connectivity index (χ4v) is 3.33. The number of benzene rings is 2. The van der Waals surface area contributed by atoms with Gasteiger partial charge in [-0.2, -0.15) is 4.72 Å². The van der Waals surface area contributed by atoms with Gasteiger partial charge in [0.25, 0.3) is 5.91 Å². The van der Waals surface area contributed by atoms with Crippen LogP contribution in [-0.4, -0.2) is 33.4 Å². The van der Waals surface area contributed by atoms with Gasteiger partial charge in [0.05, 0.1) is 14.9 Å². The minimum atomic E-state index is -3.96. The SMILES string of the molecule is NC(=O)COc1cccc(COC(=O)CNS(=O)(=O)c2ccc(Cl)c(Cl)c2)c1. The van der Waals surface area contributed by atoms with Crippen LogP contribution in [0.4, 0.5) is 0 Å². The molecule has 8 nitrogen and oxygen atoms in total. The number of carbonyl (C=O) groups excluding carboxylic acids is 2. The van der Waals surface area contributed by atoms with Gasteiger partial charge in [0.15, 0.2) is 6.61 Å². The van der Waals surface area contributed by atoms with Crippen molar-refractivity contribution in [3.8, 4) is 5.75 Å². The number of nitrogens with two attached hydrogens (primary N) is 1. The zero-order valence-electron chi connectivity index (χ0n) is 14.4. The maximum Gasteiger partial charge on any atom is 0.321 e. The van der Waals surface area contributed by atoms with Gasteiger partial charge in [0.2, 0.25) is 10.0 Å². The van der Waals surface area contributed by atoms with Crippen molar-refractivity contribution in [2.24, 2.45) is 5.73 Å². The third-order valence-corrected chi connectivity index (χ3v) is 5.43. The van der Waals surface area contributed by atoms with Gasteiger partial charge in [-0.25, -0.2) is 8.42 Å².